The lowest BCUT2D eigenvalue weighted by atomic mass is 10.0. The van der Waals surface area contributed by atoms with Crippen molar-refractivity contribution in [2.75, 3.05) is 13.2 Å². The second-order valence-corrected chi connectivity index (χ2v) is 23.2. The molecule has 0 bridgehead atoms. The number of carbonyl (C=O) groups excluding carboxylic acids is 3. The largest absolute Gasteiger partial charge is 0.462 e. The minimum absolute atomic E-state index is 0.0610. The molecule has 6 nitrogen and oxygen atoms in total. The van der Waals surface area contributed by atoms with Crippen molar-refractivity contribution < 1.29 is 28.6 Å². The summed E-state index contributed by atoms with van der Waals surface area (Å²) in [5.41, 5.74) is 0. The summed E-state index contributed by atoms with van der Waals surface area (Å²) in [6.07, 6.45) is 68.2. The maximum atomic E-state index is 12.9. The van der Waals surface area contributed by atoms with Gasteiger partial charge in [-0.2, -0.15) is 0 Å². The van der Waals surface area contributed by atoms with Crippen LogP contribution in [0.4, 0.5) is 0 Å². The van der Waals surface area contributed by atoms with Gasteiger partial charge in [0, 0.05) is 19.3 Å². The van der Waals surface area contributed by atoms with Crippen molar-refractivity contribution in [3.8, 4) is 0 Å². The Morgan fingerprint density at radius 3 is 0.681 bits per heavy atom. The van der Waals surface area contributed by atoms with Crippen LogP contribution in [-0.4, -0.2) is 37.2 Å². The van der Waals surface area contributed by atoms with E-state index in [2.05, 4.69) is 27.7 Å². The van der Waals surface area contributed by atoms with Crippen molar-refractivity contribution in [3.63, 3.8) is 0 Å². The SMILES string of the molecule is CCCCCCCCCCCCCCCCCCCCCC(=O)O[C@@H](COC(=O)CCCCCCCCCCCCCCCCCCCC)COC(=O)CCCCCCCCCCCCCCCCC(C)C. The summed E-state index contributed by atoms with van der Waals surface area (Å²) in [5.74, 6) is 0.0194. The molecule has 0 aliphatic rings. The first-order valence-corrected chi connectivity index (χ1v) is 32.9. The van der Waals surface area contributed by atoms with Crippen molar-refractivity contribution in [2.24, 2.45) is 5.92 Å². The molecule has 0 saturated carbocycles. The fraction of sp³-hybridized carbons (Fsp3) is 0.955. The lowest BCUT2D eigenvalue weighted by Crippen LogP contribution is -2.30. The lowest BCUT2D eigenvalue weighted by molar-refractivity contribution is -0.167. The summed E-state index contributed by atoms with van der Waals surface area (Å²) in [5, 5.41) is 0. The molecule has 0 spiro atoms. The fourth-order valence-corrected chi connectivity index (χ4v) is 10.3. The highest BCUT2D eigenvalue weighted by Crippen LogP contribution is 2.19. The first kappa shape index (κ1) is 70.4. The Bertz CT molecular complexity index is 1090. The van der Waals surface area contributed by atoms with Crippen LogP contribution in [0.2, 0.25) is 0 Å². The van der Waals surface area contributed by atoms with Gasteiger partial charge in [-0.3, -0.25) is 14.4 Å². The van der Waals surface area contributed by atoms with E-state index in [0.717, 1.165) is 63.7 Å². The third-order valence-electron chi connectivity index (χ3n) is 15.3. The van der Waals surface area contributed by atoms with E-state index in [9.17, 15) is 14.4 Å². The number of hydrogen-bond donors (Lipinski definition) is 0. The molecule has 0 aromatic heterocycles. The molecule has 0 aliphatic carbocycles. The Balaban J connectivity index is 4.28. The van der Waals surface area contributed by atoms with Gasteiger partial charge in [-0.1, -0.05) is 342 Å². The summed E-state index contributed by atoms with van der Waals surface area (Å²) in [6.45, 7) is 9.10. The number of rotatable bonds is 61. The van der Waals surface area contributed by atoms with Crippen molar-refractivity contribution in [1.82, 2.24) is 0 Å². The van der Waals surface area contributed by atoms with E-state index in [1.54, 1.807) is 0 Å². The van der Waals surface area contributed by atoms with Crippen LogP contribution in [0.25, 0.3) is 0 Å². The van der Waals surface area contributed by atoms with Crippen molar-refractivity contribution in [1.29, 1.82) is 0 Å². The van der Waals surface area contributed by atoms with Crippen molar-refractivity contribution in [2.45, 2.75) is 387 Å². The standard InChI is InChI=1S/C66H128O6/c1-5-7-9-11-13-15-17-19-21-23-25-27-29-35-39-43-47-51-55-59-66(69)72-63(61-71-65(68)58-54-50-46-42-38-34-31-30-32-36-40-44-48-52-56-62(3)4)60-70-64(67)57-53-49-45-41-37-33-28-26-24-22-20-18-16-14-12-10-8-6-2/h62-63H,5-61H2,1-4H3/t63-/m0/s1. The maximum Gasteiger partial charge on any atom is 0.306 e. The Hall–Kier alpha value is -1.59. The zero-order chi connectivity index (χ0) is 52.3. The van der Waals surface area contributed by atoms with Crippen molar-refractivity contribution >= 4 is 17.9 Å². The molecule has 72 heavy (non-hydrogen) atoms. The highest BCUT2D eigenvalue weighted by atomic mass is 16.6. The highest BCUT2D eigenvalue weighted by Gasteiger charge is 2.19. The quantitative estimate of drug-likeness (QED) is 0.0343. The van der Waals surface area contributed by atoms with Crippen LogP contribution in [0.3, 0.4) is 0 Å². The first-order valence-electron chi connectivity index (χ1n) is 32.9. The van der Waals surface area contributed by atoms with Crippen LogP contribution < -0.4 is 0 Å². The predicted molar refractivity (Wildman–Crippen MR) is 312 cm³/mol. The fourth-order valence-electron chi connectivity index (χ4n) is 10.3. The Morgan fingerprint density at radius 2 is 0.458 bits per heavy atom. The van der Waals surface area contributed by atoms with Gasteiger partial charge >= 0.3 is 17.9 Å². The molecular formula is C66H128O6. The molecule has 0 fully saturated rings. The van der Waals surface area contributed by atoms with Gasteiger partial charge in [0.05, 0.1) is 0 Å². The lowest BCUT2D eigenvalue weighted by Gasteiger charge is -2.18. The summed E-state index contributed by atoms with van der Waals surface area (Å²) in [7, 11) is 0. The molecule has 0 heterocycles. The Labute approximate surface area is 450 Å². The molecule has 428 valence electrons. The van der Waals surface area contributed by atoms with Crippen LogP contribution in [0.15, 0.2) is 0 Å². The van der Waals surface area contributed by atoms with E-state index in [4.69, 9.17) is 14.2 Å². The molecule has 0 unspecified atom stereocenters. The van der Waals surface area contributed by atoms with E-state index in [0.29, 0.717) is 19.3 Å². The molecule has 0 radical (unpaired) electrons. The van der Waals surface area contributed by atoms with Gasteiger partial charge in [0.15, 0.2) is 6.10 Å². The number of hydrogen-bond acceptors (Lipinski definition) is 6. The number of esters is 3. The van der Waals surface area contributed by atoms with E-state index >= 15 is 0 Å². The molecule has 0 rings (SSSR count). The highest BCUT2D eigenvalue weighted by molar-refractivity contribution is 5.71. The van der Waals surface area contributed by atoms with Gasteiger partial charge in [-0.25, -0.2) is 0 Å². The Morgan fingerprint density at radius 1 is 0.264 bits per heavy atom. The minimum atomic E-state index is -0.763. The van der Waals surface area contributed by atoms with Crippen LogP contribution in [0.1, 0.15) is 381 Å². The summed E-state index contributed by atoms with van der Waals surface area (Å²) < 4.78 is 17.0. The van der Waals surface area contributed by atoms with Gasteiger partial charge in [0.1, 0.15) is 13.2 Å². The third kappa shape index (κ3) is 59.3. The van der Waals surface area contributed by atoms with E-state index in [1.165, 1.54) is 276 Å². The average Bonchev–Trinajstić information content (AvgIpc) is 3.37. The summed E-state index contributed by atoms with van der Waals surface area (Å²) in [4.78, 5) is 38.4. The summed E-state index contributed by atoms with van der Waals surface area (Å²) >= 11 is 0. The second-order valence-electron chi connectivity index (χ2n) is 23.2. The van der Waals surface area contributed by atoms with Crippen LogP contribution in [0.5, 0.6) is 0 Å². The summed E-state index contributed by atoms with van der Waals surface area (Å²) in [6, 6.07) is 0. The van der Waals surface area contributed by atoms with Crippen LogP contribution in [-0.2, 0) is 28.6 Å². The van der Waals surface area contributed by atoms with E-state index < -0.39 is 6.10 Å². The maximum absolute atomic E-state index is 12.9. The van der Waals surface area contributed by atoms with Gasteiger partial charge in [-0.15, -0.1) is 0 Å². The molecule has 1 atom stereocenters. The normalized spacial score (nSPS) is 12.0. The molecule has 0 N–H and O–H groups in total. The van der Waals surface area contributed by atoms with Crippen LogP contribution in [0, 0.1) is 5.92 Å². The minimum Gasteiger partial charge on any atom is -0.462 e. The third-order valence-corrected chi connectivity index (χ3v) is 15.3. The molecular weight excluding hydrogens is 889 g/mol. The molecule has 0 saturated heterocycles. The smallest absolute Gasteiger partial charge is 0.306 e. The zero-order valence-electron chi connectivity index (χ0n) is 49.4. The topological polar surface area (TPSA) is 78.9 Å². The molecule has 6 heteroatoms. The first-order chi connectivity index (χ1) is 35.4. The second kappa shape index (κ2) is 60.3. The van der Waals surface area contributed by atoms with E-state index in [-0.39, 0.29) is 31.1 Å². The zero-order valence-corrected chi connectivity index (χ0v) is 49.4. The predicted octanol–water partition coefficient (Wildman–Crippen LogP) is 22.1. The van der Waals surface area contributed by atoms with Crippen LogP contribution >= 0.6 is 0 Å². The molecule has 0 aromatic carbocycles. The van der Waals surface area contributed by atoms with Gasteiger partial charge in [0.25, 0.3) is 0 Å². The van der Waals surface area contributed by atoms with E-state index in [1.807, 2.05) is 0 Å². The average molecular weight is 1020 g/mol. The number of unbranched alkanes of at least 4 members (excludes halogenated alkanes) is 48. The molecule has 0 aliphatic heterocycles. The monoisotopic (exact) mass is 1020 g/mol. The Kier molecular flexibility index (Phi) is 58.9. The number of ether oxygens (including phenoxy) is 3. The molecule has 0 amide bonds. The van der Waals surface area contributed by atoms with Gasteiger partial charge < -0.3 is 14.2 Å². The van der Waals surface area contributed by atoms with Crippen molar-refractivity contribution in [3.05, 3.63) is 0 Å². The van der Waals surface area contributed by atoms with Gasteiger partial charge in [0.2, 0.25) is 0 Å². The number of carbonyl (C=O) groups is 3. The van der Waals surface area contributed by atoms with Gasteiger partial charge in [-0.05, 0) is 25.2 Å². The molecule has 0 aromatic rings.